The highest BCUT2D eigenvalue weighted by Gasteiger charge is 2.30. The Morgan fingerprint density at radius 3 is 2.33 bits per heavy atom. The van der Waals surface area contributed by atoms with Crippen molar-refractivity contribution >= 4 is 44.6 Å². The highest BCUT2D eigenvalue weighted by Crippen LogP contribution is 2.32. The van der Waals surface area contributed by atoms with E-state index in [1.54, 1.807) is 30.5 Å². The van der Waals surface area contributed by atoms with Crippen LogP contribution in [0.1, 0.15) is 42.3 Å². The molecule has 0 unspecified atom stereocenters. The van der Waals surface area contributed by atoms with Crippen LogP contribution in [0, 0.1) is 0 Å². The molecule has 1 aromatic carbocycles. The van der Waals surface area contributed by atoms with E-state index in [9.17, 15) is 13.2 Å². The number of carbonyl (C=O) groups excluding carboxylic acids is 1. The van der Waals surface area contributed by atoms with Crippen LogP contribution in [0.2, 0.25) is 5.02 Å². The average molecular weight is 427 g/mol. The third-order valence-electron chi connectivity index (χ3n) is 4.69. The van der Waals surface area contributed by atoms with Crippen LogP contribution in [-0.2, 0) is 10.0 Å². The van der Waals surface area contributed by atoms with Gasteiger partial charge in [-0.3, -0.25) is 9.10 Å². The SMILES string of the molecule is CCN(c1ccsc1C(=O)N1CCCCCC1)S(=O)(=O)c1ccc(Cl)cc1. The quantitative estimate of drug-likeness (QED) is 0.700. The molecule has 0 radical (unpaired) electrons. The summed E-state index contributed by atoms with van der Waals surface area (Å²) in [6, 6.07) is 7.80. The molecule has 2 heterocycles. The number of amides is 1. The molecule has 0 saturated carbocycles. The largest absolute Gasteiger partial charge is 0.338 e. The number of nitrogens with zero attached hydrogens (tertiary/aromatic N) is 2. The third-order valence-corrected chi connectivity index (χ3v) is 7.74. The van der Waals surface area contributed by atoms with Crippen molar-refractivity contribution in [1.82, 2.24) is 4.90 Å². The Bertz CT molecular complexity index is 886. The van der Waals surface area contributed by atoms with Crippen molar-refractivity contribution in [3.63, 3.8) is 0 Å². The predicted octanol–water partition coefficient (Wildman–Crippen LogP) is 4.63. The summed E-state index contributed by atoms with van der Waals surface area (Å²) in [4.78, 5) is 15.6. The van der Waals surface area contributed by atoms with Gasteiger partial charge in [0, 0.05) is 24.7 Å². The van der Waals surface area contributed by atoms with Gasteiger partial charge in [-0.05, 0) is 55.5 Å². The molecule has 0 atom stereocenters. The maximum atomic E-state index is 13.1. The monoisotopic (exact) mass is 426 g/mol. The van der Waals surface area contributed by atoms with Gasteiger partial charge in [0.25, 0.3) is 15.9 Å². The third kappa shape index (κ3) is 4.31. The van der Waals surface area contributed by atoms with E-state index < -0.39 is 10.0 Å². The zero-order chi connectivity index (χ0) is 19.4. The Kier molecular flexibility index (Phi) is 6.44. The molecule has 27 heavy (non-hydrogen) atoms. The van der Waals surface area contributed by atoms with Gasteiger partial charge in [-0.2, -0.15) is 0 Å². The molecule has 146 valence electrons. The lowest BCUT2D eigenvalue weighted by Gasteiger charge is -2.25. The summed E-state index contributed by atoms with van der Waals surface area (Å²) in [5.41, 5.74) is 0.451. The topological polar surface area (TPSA) is 57.7 Å². The first kappa shape index (κ1) is 20.2. The first-order valence-corrected chi connectivity index (χ1v) is 11.8. The van der Waals surface area contributed by atoms with Crippen LogP contribution in [-0.4, -0.2) is 38.9 Å². The minimum absolute atomic E-state index is 0.0772. The van der Waals surface area contributed by atoms with Gasteiger partial charge in [-0.1, -0.05) is 24.4 Å². The number of hydrogen-bond acceptors (Lipinski definition) is 4. The first-order valence-electron chi connectivity index (χ1n) is 9.10. The molecule has 3 rings (SSSR count). The summed E-state index contributed by atoms with van der Waals surface area (Å²) in [7, 11) is -3.77. The second-order valence-electron chi connectivity index (χ2n) is 6.47. The van der Waals surface area contributed by atoms with Gasteiger partial charge in [0.1, 0.15) is 4.88 Å². The summed E-state index contributed by atoms with van der Waals surface area (Å²) in [6.07, 6.45) is 4.25. The van der Waals surface area contributed by atoms with Crippen LogP contribution in [0.15, 0.2) is 40.6 Å². The van der Waals surface area contributed by atoms with E-state index in [2.05, 4.69) is 0 Å². The molecule has 0 spiro atoms. The van der Waals surface area contributed by atoms with E-state index in [4.69, 9.17) is 11.6 Å². The molecule has 1 aliphatic heterocycles. The van der Waals surface area contributed by atoms with Crippen LogP contribution in [0.5, 0.6) is 0 Å². The van der Waals surface area contributed by atoms with E-state index in [0.29, 0.717) is 15.6 Å². The zero-order valence-electron chi connectivity index (χ0n) is 15.2. The van der Waals surface area contributed by atoms with Crippen molar-refractivity contribution in [1.29, 1.82) is 0 Å². The molecular formula is C19H23ClN2O3S2. The van der Waals surface area contributed by atoms with E-state index in [1.807, 2.05) is 4.90 Å². The molecule has 1 fully saturated rings. The Balaban J connectivity index is 1.94. The molecule has 1 aliphatic rings. The molecule has 5 nitrogen and oxygen atoms in total. The van der Waals surface area contributed by atoms with Crippen LogP contribution in [0.3, 0.4) is 0 Å². The van der Waals surface area contributed by atoms with E-state index in [-0.39, 0.29) is 17.3 Å². The molecule has 0 aliphatic carbocycles. The van der Waals surface area contributed by atoms with Gasteiger partial charge >= 0.3 is 0 Å². The predicted molar refractivity (Wildman–Crippen MR) is 110 cm³/mol. The summed E-state index contributed by atoms with van der Waals surface area (Å²) in [5.74, 6) is -0.0772. The van der Waals surface area contributed by atoms with Gasteiger partial charge in [-0.15, -0.1) is 11.3 Å². The molecule has 1 saturated heterocycles. The van der Waals surface area contributed by atoms with Gasteiger partial charge in [-0.25, -0.2) is 8.42 Å². The van der Waals surface area contributed by atoms with Crippen LogP contribution in [0.4, 0.5) is 5.69 Å². The fraction of sp³-hybridized carbons (Fsp3) is 0.421. The van der Waals surface area contributed by atoms with Crippen LogP contribution >= 0.6 is 22.9 Å². The molecule has 1 aromatic heterocycles. The number of anilines is 1. The number of thiophene rings is 1. The maximum absolute atomic E-state index is 13.1. The number of likely N-dealkylation sites (tertiary alicyclic amines) is 1. The molecule has 2 aromatic rings. The molecular weight excluding hydrogens is 404 g/mol. The van der Waals surface area contributed by atoms with Crippen molar-refractivity contribution < 1.29 is 13.2 Å². The minimum atomic E-state index is -3.77. The maximum Gasteiger partial charge on any atom is 0.266 e. The van der Waals surface area contributed by atoms with Gasteiger partial charge < -0.3 is 4.90 Å². The van der Waals surface area contributed by atoms with Crippen LogP contribution in [0.25, 0.3) is 0 Å². The van der Waals surface area contributed by atoms with Gasteiger partial charge in [0.2, 0.25) is 0 Å². The summed E-state index contributed by atoms with van der Waals surface area (Å²) in [6.45, 7) is 3.46. The lowest BCUT2D eigenvalue weighted by Crippen LogP contribution is -2.35. The summed E-state index contributed by atoms with van der Waals surface area (Å²) < 4.78 is 27.6. The van der Waals surface area contributed by atoms with Gasteiger partial charge in [0.05, 0.1) is 10.6 Å². The molecule has 0 N–H and O–H groups in total. The second-order valence-corrected chi connectivity index (χ2v) is 9.68. The Morgan fingerprint density at radius 2 is 1.74 bits per heavy atom. The lowest BCUT2D eigenvalue weighted by molar-refractivity contribution is 0.0767. The fourth-order valence-corrected chi connectivity index (χ4v) is 5.81. The van der Waals surface area contributed by atoms with Crippen LogP contribution < -0.4 is 4.31 Å². The highest BCUT2D eigenvalue weighted by molar-refractivity contribution is 7.92. The first-order chi connectivity index (χ1) is 12.9. The Morgan fingerprint density at radius 1 is 1.11 bits per heavy atom. The van der Waals surface area contributed by atoms with Crippen molar-refractivity contribution in [3.05, 3.63) is 45.6 Å². The van der Waals surface area contributed by atoms with E-state index in [0.717, 1.165) is 38.8 Å². The second kappa shape index (κ2) is 8.63. The number of benzene rings is 1. The average Bonchev–Trinajstić information content (AvgIpc) is 2.95. The molecule has 1 amide bonds. The smallest absolute Gasteiger partial charge is 0.266 e. The number of hydrogen-bond donors (Lipinski definition) is 0. The fourth-order valence-electron chi connectivity index (χ4n) is 3.28. The Hall–Kier alpha value is -1.57. The van der Waals surface area contributed by atoms with E-state index in [1.165, 1.54) is 27.8 Å². The van der Waals surface area contributed by atoms with Crippen molar-refractivity contribution in [2.24, 2.45) is 0 Å². The van der Waals surface area contributed by atoms with Crippen molar-refractivity contribution in [3.8, 4) is 0 Å². The Labute approximate surface area is 169 Å². The van der Waals surface area contributed by atoms with Gasteiger partial charge in [0.15, 0.2) is 0 Å². The zero-order valence-corrected chi connectivity index (χ0v) is 17.6. The number of carbonyl (C=O) groups is 1. The summed E-state index contributed by atoms with van der Waals surface area (Å²) in [5, 5.41) is 2.25. The van der Waals surface area contributed by atoms with Crippen molar-refractivity contribution in [2.75, 3.05) is 23.9 Å². The van der Waals surface area contributed by atoms with E-state index >= 15 is 0 Å². The normalized spacial score (nSPS) is 15.4. The lowest BCUT2D eigenvalue weighted by atomic mass is 10.2. The van der Waals surface area contributed by atoms with Crippen molar-refractivity contribution in [2.45, 2.75) is 37.5 Å². The number of rotatable bonds is 5. The standard InChI is InChI=1S/C19H23ClN2O3S2/c1-2-22(27(24,25)16-9-7-15(20)8-10-16)17-11-14-26-18(17)19(23)21-12-5-3-4-6-13-21/h7-11,14H,2-6,12-13H2,1H3. The number of sulfonamides is 1. The molecule has 8 heteroatoms. The minimum Gasteiger partial charge on any atom is -0.338 e. The molecule has 0 bridgehead atoms. The summed E-state index contributed by atoms with van der Waals surface area (Å²) >= 11 is 7.18. The number of halogens is 1. The highest BCUT2D eigenvalue weighted by atomic mass is 35.5.